The van der Waals surface area contributed by atoms with Crippen LogP contribution in [0.1, 0.15) is 5.56 Å². The van der Waals surface area contributed by atoms with Gasteiger partial charge in [-0.05, 0) is 22.9 Å². The van der Waals surface area contributed by atoms with Crippen LogP contribution in [0.25, 0.3) is 10.8 Å². The van der Waals surface area contributed by atoms with E-state index >= 15 is 0 Å². The van der Waals surface area contributed by atoms with Crippen molar-refractivity contribution in [2.45, 2.75) is 6.54 Å². The molecule has 1 heterocycles. The summed E-state index contributed by atoms with van der Waals surface area (Å²) in [6.07, 6.45) is 1.20. The lowest BCUT2D eigenvalue weighted by molar-refractivity contribution is -0.385. The van der Waals surface area contributed by atoms with Gasteiger partial charge in [0.1, 0.15) is 17.8 Å². The molecule has 22 heavy (non-hydrogen) atoms. The molecule has 0 amide bonds. The summed E-state index contributed by atoms with van der Waals surface area (Å²) in [6, 6.07) is 14.2. The normalized spacial score (nSPS) is 10.5. The third kappa shape index (κ3) is 2.67. The summed E-state index contributed by atoms with van der Waals surface area (Å²) in [7, 11) is 0. The van der Waals surface area contributed by atoms with Gasteiger partial charge >= 0.3 is 0 Å². The fourth-order valence-electron chi connectivity index (χ4n) is 2.29. The molecule has 0 atom stereocenters. The van der Waals surface area contributed by atoms with Crippen LogP contribution in [-0.2, 0) is 6.54 Å². The van der Waals surface area contributed by atoms with Crippen molar-refractivity contribution >= 4 is 22.3 Å². The van der Waals surface area contributed by atoms with Crippen molar-refractivity contribution in [3.63, 3.8) is 0 Å². The number of pyridine rings is 1. The van der Waals surface area contributed by atoms with Gasteiger partial charge in [-0.3, -0.25) is 10.1 Å². The van der Waals surface area contributed by atoms with Crippen LogP contribution < -0.4 is 5.32 Å². The molecule has 3 aromatic rings. The Morgan fingerprint density at radius 2 is 1.95 bits per heavy atom. The van der Waals surface area contributed by atoms with E-state index in [4.69, 9.17) is 0 Å². The van der Waals surface area contributed by atoms with Gasteiger partial charge in [0, 0.05) is 18.2 Å². The Morgan fingerprint density at radius 3 is 2.68 bits per heavy atom. The average Bonchev–Trinajstić information content (AvgIpc) is 2.54. The number of hydrogen-bond acceptors (Lipinski definition) is 5. The third-order valence-corrected chi connectivity index (χ3v) is 3.42. The number of nitro groups is 1. The second-order valence-corrected chi connectivity index (χ2v) is 4.80. The van der Waals surface area contributed by atoms with Crippen LogP contribution in [0.2, 0.25) is 0 Å². The highest BCUT2D eigenvalue weighted by atomic mass is 16.6. The zero-order chi connectivity index (χ0) is 15.5. The minimum absolute atomic E-state index is 0.0569. The maximum atomic E-state index is 10.6. The van der Waals surface area contributed by atoms with Crippen LogP contribution in [0.3, 0.4) is 0 Å². The smallest absolute Gasteiger partial charge is 0.287 e. The lowest BCUT2D eigenvalue weighted by Gasteiger charge is -2.10. The van der Waals surface area contributed by atoms with Crippen molar-refractivity contribution in [3.05, 3.63) is 70.4 Å². The first-order valence-electron chi connectivity index (χ1n) is 6.69. The number of rotatable bonds is 4. The molecule has 0 unspecified atom stereocenters. The van der Waals surface area contributed by atoms with Crippen molar-refractivity contribution in [2.75, 3.05) is 5.32 Å². The highest BCUT2D eigenvalue weighted by Crippen LogP contribution is 2.27. The monoisotopic (exact) mass is 295 g/mol. The number of benzene rings is 2. The lowest BCUT2D eigenvalue weighted by atomic mass is 10.0. The molecule has 6 nitrogen and oxygen atoms in total. The minimum Gasteiger partial charge on any atom is -0.508 e. The first-order valence-corrected chi connectivity index (χ1v) is 6.69. The van der Waals surface area contributed by atoms with Crippen LogP contribution in [0.4, 0.5) is 11.5 Å². The molecular weight excluding hydrogens is 282 g/mol. The predicted molar refractivity (Wildman–Crippen MR) is 83.8 cm³/mol. The molecular formula is C16H13N3O3. The SMILES string of the molecule is O=[N+]([O-])c1ccc(NCc2c(O)ccc3ccccc23)nc1. The van der Waals surface area contributed by atoms with Crippen LogP contribution in [0.5, 0.6) is 5.75 Å². The largest absolute Gasteiger partial charge is 0.508 e. The molecule has 2 aromatic carbocycles. The molecule has 0 bridgehead atoms. The molecule has 0 saturated carbocycles. The Morgan fingerprint density at radius 1 is 1.14 bits per heavy atom. The first-order chi connectivity index (χ1) is 10.6. The van der Waals surface area contributed by atoms with E-state index in [0.29, 0.717) is 12.4 Å². The number of phenolic OH excluding ortho intramolecular Hbond substituents is 1. The number of anilines is 1. The van der Waals surface area contributed by atoms with Gasteiger partial charge in [-0.1, -0.05) is 30.3 Å². The summed E-state index contributed by atoms with van der Waals surface area (Å²) >= 11 is 0. The van der Waals surface area contributed by atoms with Gasteiger partial charge in [0.15, 0.2) is 0 Å². The molecule has 6 heteroatoms. The zero-order valence-corrected chi connectivity index (χ0v) is 11.6. The second-order valence-electron chi connectivity index (χ2n) is 4.80. The van der Waals surface area contributed by atoms with E-state index in [1.54, 1.807) is 12.1 Å². The quantitative estimate of drug-likeness (QED) is 0.568. The predicted octanol–water partition coefficient (Wildman–Crippen LogP) is 3.46. The standard InChI is InChI=1S/C16H13N3O3/c20-15-7-5-11-3-1-2-4-13(11)14(15)10-18-16-8-6-12(9-17-16)19(21)22/h1-9,20H,10H2,(H,17,18). The summed E-state index contributed by atoms with van der Waals surface area (Å²) in [4.78, 5) is 14.1. The van der Waals surface area contributed by atoms with Gasteiger partial charge in [-0.25, -0.2) is 4.98 Å². The summed E-state index contributed by atoms with van der Waals surface area (Å²) in [6.45, 7) is 0.373. The fraction of sp³-hybridized carbons (Fsp3) is 0.0625. The van der Waals surface area contributed by atoms with E-state index in [9.17, 15) is 15.2 Å². The number of nitrogens with zero attached hydrogens (tertiary/aromatic N) is 2. The first kappa shape index (κ1) is 13.8. The van der Waals surface area contributed by atoms with Gasteiger partial charge in [-0.2, -0.15) is 0 Å². The molecule has 1 aromatic heterocycles. The second kappa shape index (κ2) is 5.69. The molecule has 0 saturated heterocycles. The topological polar surface area (TPSA) is 88.3 Å². The number of hydrogen-bond donors (Lipinski definition) is 2. The number of phenols is 1. The molecule has 0 fully saturated rings. The molecule has 0 spiro atoms. The van der Waals surface area contributed by atoms with Gasteiger partial charge < -0.3 is 10.4 Å². The van der Waals surface area contributed by atoms with Crippen LogP contribution in [0, 0.1) is 10.1 Å². The highest BCUT2D eigenvalue weighted by molar-refractivity contribution is 5.87. The van der Waals surface area contributed by atoms with Crippen molar-refractivity contribution < 1.29 is 10.0 Å². The van der Waals surface area contributed by atoms with Gasteiger partial charge in [0.2, 0.25) is 0 Å². The minimum atomic E-state index is -0.493. The maximum absolute atomic E-state index is 10.6. The maximum Gasteiger partial charge on any atom is 0.287 e. The Bertz CT molecular complexity index is 832. The van der Waals surface area contributed by atoms with E-state index in [0.717, 1.165) is 16.3 Å². The van der Waals surface area contributed by atoms with Crippen LogP contribution in [0.15, 0.2) is 54.7 Å². The highest BCUT2D eigenvalue weighted by Gasteiger charge is 2.08. The summed E-state index contributed by atoms with van der Waals surface area (Å²) in [5.41, 5.74) is 0.705. The van der Waals surface area contributed by atoms with Crippen LogP contribution in [-0.4, -0.2) is 15.0 Å². The van der Waals surface area contributed by atoms with Crippen molar-refractivity contribution in [2.24, 2.45) is 0 Å². The number of aromatic hydroxyl groups is 1. The van der Waals surface area contributed by atoms with E-state index in [2.05, 4.69) is 10.3 Å². The summed E-state index contributed by atoms with van der Waals surface area (Å²) < 4.78 is 0. The van der Waals surface area contributed by atoms with E-state index < -0.39 is 4.92 Å². The molecule has 0 aliphatic heterocycles. The number of fused-ring (bicyclic) bond motifs is 1. The van der Waals surface area contributed by atoms with E-state index in [-0.39, 0.29) is 11.4 Å². The summed E-state index contributed by atoms with van der Waals surface area (Å²) in [5, 5.41) is 25.7. The van der Waals surface area contributed by atoms with E-state index in [1.807, 2.05) is 30.3 Å². The molecule has 0 radical (unpaired) electrons. The number of nitrogens with one attached hydrogen (secondary N) is 1. The van der Waals surface area contributed by atoms with Gasteiger partial charge in [-0.15, -0.1) is 0 Å². The molecule has 0 aliphatic rings. The average molecular weight is 295 g/mol. The van der Waals surface area contributed by atoms with Crippen molar-refractivity contribution in [1.82, 2.24) is 4.98 Å². The molecule has 0 aliphatic carbocycles. The van der Waals surface area contributed by atoms with Gasteiger partial charge in [0.05, 0.1) is 4.92 Å². The third-order valence-electron chi connectivity index (χ3n) is 3.42. The van der Waals surface area contributed by atoms with Gasteiger partial charge in [0.25, 0.3) is 5.69 Å². The van der Waals surface area contributed by atoms with Crippen molar-refractivity contribution in [1.29, 1.82) is 0 Å². The Kier molecular flexibility index (Phi) is 3.57. The van der Waals surface area contributed by atoms with Crippen molar-refractivity contribution in [3.8, 4) is 5.75 Å². The zero-order valence-electron chi connectivity index (χ0n) is 11.6. The Balaban J connectivity index is 1.84. The molecule has 3 rings (SSSR count). The lowest BCUT2D eigenvalue weighted by Crippen LogP contribution is -2.02. The fourth-order valence-corrected chi connectivity index (χ4v) is 2.29. The summed E-state index contributed by atoms with van der Waals surface area (Å²) in [5.74, 6) is 0.714. The Labute approximate surface area is 126 Å². The number of aromatic nitrogens is 1. The molecule has 110 valence electrons. The Hall–Kier alpha value is -3.15. The van der Waals surface area contributed by atoms with E-state index in [1.165, 1.54) is 12.3 Å². The van der Waals surface area contributed by atoms with Crippen LogP contribution >= 0.6 is 0 Å². The molecule has 2 N–H and O–H groups in total.